The van der Waals surface area contributed by atoms with Crippen molar-refractivity contribution in [2.75, 3.05) is 34.3 Å². The zero-order valence-electron chi connectivity index (χ0n) is 20.5. The zero-order valence-corrected chi connectivity index (χ0v) is 20.5. The number of ether oxygens (including phenoxy) is 1. The van der Waals surface area contributed by atoms with Gasteiger partial charge in [-0.05, 0) is 32.0 Å². The van der Waals surface area contributed by atoms with Gasteiger partial charge >= 0.3 is 0 Å². The Kier molecular flexibility index (Phi) is 7.97. The molecule has 0 radical (unpaired) electrons. The van der Waals surface area contributed by atoms with Crippen LogP contribution >= 0.6 is 0 Å². The molecule has 2 aromatic heterocycles. The van der Waals surface area contributed by atoms with Crippen molar-refractivity contribution in [1.29, 1.82) is 0 Å². The Hall–Kier alpha value is -3.46. The first-order chi connectivity index (χ1) is 17.0. The lowest BCUT2D eigenvalue weighted by Crippen LogP contribution is -2.52. The second kappa shape index (κ2) is 11.3. The fraction of sp³-hybridized carbons (Fsp3) is 0.462. The molecular weight excluding hydrogens is 446 g/mol. The maximum atomic E-state index is 12.8. The quantitative estimate of drug-likeness (QED) is 0.406. The fourth-order valence-corrected chi connectivity index (χ4v) is 4.35. The molecular formula is C26H33N5O4. The number of para-hydroxylation sites is 1. The van der Waals surface area contributed by atoms with Crippen molar-refractivity contribution >= 4 is 22.7 Å². The van der Waals surface area contributed by atoms with Crippen LogP contribution in [-0.4, -0.2) is 61.0 Å². The lowest BCUT2D eigenvalue weighted by molar-refractivity contribution is -0.130. The molecule has 0 unspecified atom stereocenters. The summed E-state index contributed by atoms with van der Waals surface area (Å²) in [6.07, 6.45) is 5.35. The van der Waals surface area contributed by atoms with Gasteiger partial charge in [0, 0.05) is 31.9 Å². The van der Waals surface area contributed by atoms with Crippen LogP contribution in [0.15, 0.2) is 40.9 Å². The molecule has 9 nitrogen and oxygen atoms in total. The summed E-state index contributed by atoms with van der Waals surface area (Å²) in [5, 5.41) is 6.75. The van der Waals surface area contributed by atoms with Gasteiger partial charge in [0.2, 0.25) is 23.6 Å². The first-order valence-electron chi connectivity index (χ1n) is 12.1. The number of carbonyl (C=O) groups excluding carboxylic acids is 2. The topological polar surface area (TPSA) is 110 Å². The van der Waals surface area contributed by atoms with E-state index in [0.717, 1.165) is 43.3 Å². The van der Waals surface area contributed by atoms with Crippen molar-refractivity contribution < 1.29 is 18.7 Å². The number of unbranched alkanes of at least 4 members (excludes halogenated alkanes) is 2. The minimum atomic E-state index is -0.346. The highest BCUT2D eigenvalue weighted by Crippen LogP contribution is 2.33. The van der Waals surface area contributed by atoms with Crippen molar-refractivity contribution in [3.63, 3.8) is 0 Å². The molecule has 3 heterocycles. The van der Waals surface area contributed by atoms with Gasteiger partial charge in [0.15, 0.2) is 5.76 Å². The van der Waals surface area contributed by atoms with Crippen molar-refractivity contribution in [3.8, 4) is 17.2 Å². The number of methoxy groups -OCH3 is 1. The van der Waals surface area contributed by atoms with Crippen molar-refractivity contribution in [2.24, 2.45) is 5.92 Å². The molecule has 1 saturated heterocycles. The van der Waals surface area contributed by atoms with E-state index in [1.165, 1.54) is 0 Å². The van der Waals surface area contributed by atoms with E-state index in [1.54, 1.807) is 20.4 Å². The number of oxazole rings is 1. The third-order valence-electron chi connectivity index (χ3n) is 6.40. The van der Waals surface area contributed by atoms with Crippen LogP contribution in [-0.2, 0) is 9.59 Å². The number of rotatable bonds is 11. The highest BCUT2D eigenvalue weighted by Gasteiger charge is 2.32. The molecule has 0 saturated carbocycles. The number of fused-ring (bicyclic) bond motifs is 1. The lowest BCUT2D eigenvalue weighted by Gasteiger charge is -2.35. The largest absolute Gasteiger partial charge is 0.480 e. The van der Waals surface area contributed by atoms with Gasteiger partial charge in [-0.15, -0.1) is 0 Å². The summed E-state index contributed by atoms with van der Waals surface area (Å²) in [5.74, 6) is 1.50. The van der Waals surface area contributed by atoms with Gasteiger partial charge in [0.1, 0.15) is 6.04 Å². The van der Waals surface area contributed by atoms with E-state index in [-0.39, 0.29) is 23.8 Å². The second-order valence-electron chi connectivity index (χ2n) is 9.05. The van der Waals surface area contributed by atoms with Crippen molar-refractivity contribution in [1.82, 2.24) is 25.5 Å². The Labute approximate surface area is 205 Å². The molecule has 1 fully saturated rings. The molecule has 1 aliphatic rings. The summed E-state index contributed by atoms with van der Waals surface area (Å²) in [6.45, 7) is 1.50. The predicted octanol–water partition coefficient (Wildman–Crippen LogP) is 3.31. The summed E-state index contributed by atoms with van der Waals surface area (Å²) < 4.78 is 11.7. The number of likely N-dealkylation sites (tertiary alicyclic amines) is 1. The third kappa shape index (κ3) is 5.97. The molecule has 2 N–H and O–H groups in total. The van der Waals surface area contributed by atoms with E-state index in [0.29, 0.717) is 35.9 Å². The molecule has 3 aromatic rings. The highest BCUT2D eigenvalue weighted by atomic mass is 16.5. The molecule has 9 heteroatoms. The smallest absolute Gasteiger partial charge is 0.226 e. The lowest BCUT2D eigenvalue weighted by atomic mass is 9.99. The Morgan fingerprint density at radius 2 is 2.03 bits per heavy atom. The molecule has 0 spiro atoms. The van der Waals surface area contributed by atoms with E-state index < -0.39 is 0 Å². The number of hydrogen-bond donors (Lipinski definition) is 2. The Bertz CT molecular complexity index is 1170. The number of nitrogens with zero attached hydrogens (tertiary/aromatic N) is 3. The molecule has 0 bridgehead atoms. The Balaban J connectivity index is 1.51. The van der Waals surface area contributed by atoms with Crippen molar-refractivity contribution in [3.05, 3.63) is 42.4 Å². The maximum absolute atomic E-state index is 12.8. The first-order valence-corrected chi connectivity index (χ1v) is 12.1. The van der Waals surface area contributed by atoms with Gasteiger partial charge in [0.05, 0.1) is 30.3 Å². The van der Waals surface area contributed by atoms with E-state index in [2.05, 4.69) is 25.5 Å². The normalized spacial score (nSPS) is 14.9. The van der Waals surface area contributed by atoms with Crippen LogP contribution in [0, 0.1) is 5.92 Å². The third-order valence-corrected chi connectivity index (χ3v) is 6.40. The summed E-state index contributed by atoms with van der Waals surface area (Å²) >= 11 is 0. The van der Waals surface area contributed by atoms with Gasteiger partial charge in [0.25, 0.3) is 0 Å². The highest BCUT2D eigenvalue weighted by molar-refractivity contribution is 5.85. The Morgan fingerprint density at radius 3 is 2.77 bits per heavy atom. The summed E-state index contributed by atoms with van der Waals surface area (Å²) in [7, 11) is 5.22. The number of nitrogens with one attached hydrogen (secondary N) is 2. The number of pyridine rings is 1. The van der Waals surface area contributed by atoms with E-state index in [9.17, 15) is 9.59 Å². The minimum Gasteiger partial charge on any atom is -0.480 e. The van der Waals surface area contributed by atoms with Crippen LogP contribution in [0.5, 0.6) is 5.88 Å². The maximum Gasteiger partial charge on any atom is 0.226 e. The van der Waals surface area contributed by atoms with E-state index >= 15 is 0 Å². The molecule has 4 rings (SSSR count). The number of amides is 2. The molecule has 35 heavy (non-hydrogen) atoms. The fourth-order valence-electron chi connectivity index (χ4n) is 4.35. The number of carbonyl (C=O) groups is 2. The standard InChI is InChI=1S/C26H33N5O4/c1-27-23(32)12-6-4-5-11-21(29-24(33)18-15-31(2)16-18)26-28-14-22(35-26)19-13-17-9-7-8-10-20(17)30-25(19)34-3/h7-10,13-14,18,21H,4-6,11-12,15-16H2,1-3H3,(H,27,32)(H,29,33)/t21-/m0/s1. The van der Waals surface area contributed by atoms with E-state index in [1.807, 2.05) is 37.4 Å². The van der Waals surface area contributed by atoms with E-state index in [4.69, 9.17) is 9.15 Å². The van der Waals surface area contributed by atoms with Gasteiger partial charge in [-0.3, -0.25) is 9.59 Å². The average molecular weight is 480 g/mol. The molecule has 0 aliphatic carbocycles. The molecule has 1 aromatic carbocycles. The molecule has 2 amide bonds. The van der Waals surface area contributed by atoms with Gasteiger partial charge in [-0.25, -0.2) is 9.97 Å². The minimum absolute atomic E-state index is 0.0168. The summed E-state index contributed by atoms with van der Waals surface area (Å²) in [5.41, 5.74) is 1.54. The SMILES string of the molecule is CNC(=O)CCCCC[C@H](NC(=O)C1CN(C)C1)c1ncc(-c2cc3ccccc3nc2OC)o1. The van der Waals surface area contributed by atoms with Gasteiger partial charge in [-0.1, -0.05) is 31.0 Å². The first kappa shape index (κ1) is 24.7. The summed E-state index contributed by atoms with van der Waals surface area (Å²) in [4.78, 5) is 35.5. The second-order valence-corrected chi connectivity index (χ2v) is 9.05. The van der Waals surface area contributed by atoms with Crippen LogP contribution in [0.2, 0.25) is 0 Å². The van der Waals surface area contributed by atoms with Crippen LogP contribution in [0.4, 0.5) is 0 Å². The zero-order chi connectivity index (χ0) is 24.8. The summed E-state index contributed by atoms with van der Waals surface area (Å²) in [6, 6.07) is 9.44. The van der Waals surface area contributed by atoms with Crippen LogP contribution in [0.25, 0.3) is 22.2 Å². The predicted molar refractivity (Wildman–Crippen MR) is 133 cm³/mol. The monoisotopic (exact) mass is 479 g/mol. The van der Waals surface area contributed by atoms with Gasteiger partial charge in [-0.2, -0.15) is 0 Å². The molecule has 186 valence electrons. The van der Waals surface area contributed by atoms with Crippen LogP contribution in [0.3, 0.4) is 0 Å². The average Bonchev–Trinajstić information content (AvgIpc) is 3.34. The van der Waals surface area contributed by atoms with Crippen molar-refractivity contribution in [2.45, 2.75) is 38.1 Å². The number of benzene rings is 1. The number of aromatic nitrogens is 2. The number of hydrogen-bond acceptors (Lipinski definition) is 7. The van der Waals surface area contributed by atoms with Crippen LogP contribution in [0.1, 0.15) is 44.0 Å². The van der Waals surface area contributed by atoms with Gasteiger partial charge < -0.3 is 24.7 Å². The van der Waals surface area contributed by atoms with Crippen LogP contribution < -0.4 is 15.4 Å². The Morgan fingerprint density at radius 1 is 1.23 bits per heavy atom. The molecule has 1 atom stereocenters. The molecule has 1 aliphatic heterocycles.